The summed E-state index contributed by atoms with van der Waals surface area (Å²) in [6.07, 6.45) is 1.68. The number of rotatable bonds is 9. The number of carbonyl (C=O) groups is 1. The van der Waals surface area contributed by atoms with Crippen molar-refractivity contribution < 1.29 is 22.9 Å². The van der Waals surface area contributed by atoms with Crippen molar-refractivity contribution >= 4 is 39.1 Å². The maximum Gasteiger partial charge on any atom is 0.269 e. The summed E-state index contributed by atoms with van der Waals surface area (Å²) < 4.78 is 32.3. The van der Waals surface area contributed by atoms with Crippen molar-refractivity contribution in [1.82, 2.24) is 4.31 Å². The van der Waals surface area contributed by atoms with Crippen molar-refractivity contribution in [3.63, 3.8) is 0 Å². The van der Waals surface area contributed by atoms with Gasteiger partial charge < -0.3 is 10.1 Å². The van der Waals surface area contributed by atoms with Gasteiger partial charge in [0.05, 0.1) is 28.4 Å². The molecule has 0 spiro atoms. The Kier molecular flexibility index (Phi) is 7.52. The highest BCUT2D eigenvalue weighted by Gasteiger charge is 2.28. The van der Waals surface area contributed by atoms with E-state index in [1.165, 1.54) is 53.5 Å². The molecule has 1 heterocycles. The SMILES string of the molecule is COc1ccc(S(=O)(=O)N2CCCC2)cc1NC(=O)CSCc1ccc([N+](=O)[O-])cc1. The van der Waals surface area contributed by atoms with Gasteiger partial charge in [-0.25, -0.2) is 8.42 Å². The molecule has 0 saturated carbocycles. The average molecular weight is 466 g/mol. The van der Waals surface area contributed by atoms with Crippen LogP contribution in [0, 0.1) is 10.1 Å². The van der Waals surface area contributed by atoms with Crippen LogP contribution in [0.5, 0.6) is 5.75 Å². The number of carbonyl (C=O) groups excluding carboxylic acids is 1. The minimum absolute atomic E-state index is 0.0161. The fraction of sp³-hybridized carbons (Fsp3) is 0.350. The van der Waals surface area contributed by atoms with E-state index in [0.717, 1.165) is 18.4 Å². The topological polar surface area (TPSA) is 119 Å². The number of nitrogens with zero attached hydrogens (tertiary/aromatic N) is 2. The fourth-order valence-corrected chi connectivity index (χ4v) is 5.52. The van der Waals surface area contributed by atoms with Crippen LogP contribution in [0.4, 0.5) is 11.4 Å². The van der Waals surface area contributed by atoms with Crippen molar-refractivity contribution in [3.8, 4) is 5.75 Å². The number of hydrogen-bond donors (Lipinski definition) is 1. The molecule has 0 aromatic heterocycles. The molecule has 1 fully saturated rings. The van der Waals surface area contributed by atoms with E-state index < -0.39 is 14.9 Å². The van der Waals surface area contributed by atoms with Gasteiger partial charge in [0, 0.05) is 31.0 Å². The highest BCUT2D eigenvalue weighted by Crippen LogP contribution is 2.30. The number of amides is 1. The van der Waals surface area contributed by atoms with E-state index in [9.17, 15) is 23.3 Å². The second-order valence-corrected chi connectivity index (χ2v) is 9.86. The van der Waals surface area contributed by atoms with Crippen LogP contribution in [0.25, 0.3) is 0 Å². The first-order valence-electron chi connectivity index (χ1n) is 9.60. The van der Waals surface area contributed by atoms with Crippen molar-refractivity contribution in [2.75, 3.05) is 31.3 Å². The number of sulfonamides is 1. The molecule has 2 aromatic carbocycles. The normalized spacial score (nSPS) is 14.4. The average Bonchev–Trinajstić information content (AvgIpc) is 3.30. The first-order valence-corrected chi connectivity index (χ1v) is 12.2. The standard InChI is InChI=1S/C20H23N3O6S2/c1-29-19-9-8-17(31(27,28)22-10-2-3-11-22)12-18(19)21-20(24)14-30-13-15-4-6-16(7-5-15)23(25)26/h4-9,12H,2-3,10-11,13-14H2,1H3,(H,21,24). The molecule has 0 aliphatic carbocycles. The van der Waals surface area contributed by atoms with E-state index in [4.69, 9.17) is 4.74 Å². The highest BCUT2D eigenvalue weighted by atomic mass is 32.2. The van der Waals surface area contributed by atoms with Crippen molar-refractivity contribution in [3.05, 3.63) is 58.1 Å². The fourth-order valence-electron chi connectivity index (χ4n) is 3.18. The second kappa shape index (κ2) is 10.1. The predicted octanol–water partition coefficient (Wildman–Crippen LogP) is 3.26. The number of hydrogen-bond acceptors (Lipinski definition) is 7. The third-order valence-electron chi connectivity index (χ3n) is 4.80. The minimum Gasteiger partial charge on any atom is -0.495 e. The summed E-state index contributed by atoms with van der Waals surface area (Å²) in [5.74, 6) is 0.699. The van der Waals surface area contributed by atoms with Crippen LogP contribution in [0.2, 0.25) is 0 Å². The van der Waals surface area contributed by atoms with Crippen LogP contribution in [-0.4, -0.2) is 49.5 Å². The lowest BCUT2D eigenvalue weighted by Gasteiger charge is -2.17. The largest absolute Gasteiger partial charge is 0.495 e. The van der Waals surface area contributed by atoms with Crippen molar-refractivity contribution in [2.24, 2.45) is 0 Å². The Morgan fingerprint density at radius 2 is 1.87 bits per heavy atom. The van der Waals surface area contributed by atoms with E-state index in [2.05, 4.69) is 5.32 Å². The quantitative estimate of drug-likeness (QED) is 0.446. The number of nitrogens with one attached hydrogen (secondary N) is 1. The maximum absolute atomic E-state index is 12.8. The highest BCUT2D eigenvalue weighted by molar-refractivity contribution is 7.99. The van der Waals surface area contributed by atoms with Crippen molar-refractivity contribution in [2.45, 2.75) is 23.5 Å². The Bertz CT molecular complexity index is 1050. The molecule has 166 valence electrons. The van der Waals surface area contributed by atoms with Gasteiger partial charge in [0.15, 0.2) is 0 Å². The summed E-state index contributed by atoms with van der Waals surface area (Å²) >= 11 is 1.34. The summed E-state index contributed by atoms with van der Waals surface area (Å²) in [7, 11) is -2.16. The molecular weight excluding hydrogens is 442 g/mol. The van der Waals surface area contributed by atoms with Gasteiger partial charge in [-0.3, -0.25) is 14.9 Å². The Hall–Kier alpha value is -2.63. The van der Waals surface area contributed by atoms with Gasteiger partial charge in [-0.05, 0) is 36.6 Å². The third kappa shape index (κ3) is 5.75. The van der Waals surface area contributed by atoms with E-state index in [1.54, 1.807) is 12.1 Å². The number of nitro groups is 1. The molecule has 1 amide bonds. The lowest BCUT2D eigenvalue weighted by atomic mass is 10.2. The maximum atomic E-state index is 12.8. The Morgan fingerprint density at radius 1 is 1.19 bits per heavy atom. The minimum atomic E-state index is -3.61. The van der Waals surface area contributed by atoms with Crippen LogP contribution in [-0.2, 0) is 20.6 Å². The molecule has 0 unspecified atom stereocenters. The zero-order chi connectivity index (χ0) is 22.4. The Morgan fingerprint density at radius 3 is 2.48 bits per heavy atom. The molecule has 31 heavy (non-hydrogen) atoms. The molecule has 1 aliphatic heterocycles. The van der Waals surface area contributed by atoms with Gasteiger partial charge in [0.1, 0.15) is 5.75 Å². The third-order valence-corrected chi connectivity index (χ3v) is 7.70. The Labute approximate surface area is 185 Å². The predicted molar refractivity (Wildman–Crippen MR) is 119 cm³/mol. The van der Waals surface area contributed by atoms with Crippen LogP contribution in [0.15, 0.2) is 47.4 Å². The van der Waals surface area contributed by atoms with Crippen LogP contribution in [0.3, 0.4) is 0 Å². The number of anilines is 1. The summed E-state index contributed by atoms with van der Waals surface area (Å²) in [5, 5.41) is 13.4. The van der Waals surface area contributed by atoms with Crippen LogP contribution >= 0.6 is 11.8 Å². The van der Waals surface area contributed by atoms with E-state index in [1.807, 2.05) is 0 Å². The number of benzene rings is 2. The van der Waals surface area contributed by atoms with Gasteiger partial charge in [0.25, 0.3) is 5.69 Å². The van der Waals surface area contributed by atoms with Crippen LogP contribution in [0.1, 0.15) is 18.4 Å². The first kappa shape index (κ1) is 23.0. The lowest BCUT2D eigenvalue weighted by molar-refractivity contribution is -0.384. The molecule has 1 saturated heterocycles. The van der Waals surface area contributed by atoms with E-state index in [0.29, 0.717) is 30.3 Å². The summed E-state index contributed by atoms with van der Waals surface area (Å²) in [4.78, 5) is 22.7. The molecule has 2 aromatic rings. The second-order valence-electron chi connectivity index (χ2n) is 6.94. The zero-order valence-electron chi connectivity index (χ0n) is 16.9. The van der Waals surface area contributed by atoms with Gasteiger partial charge in [0.2, 0.25) is 15.9 Å². The molecule has 0 atom stereocenters. The monoisotopic (exact) mass is 465 g/mol. The number of ether oxygens (including phenoxy) is 1. The molecular formula is C20H23N3O6S2. The van der Waals surface area contributed by atoms with E-state index in [-0.39, 0.29) is 22.2 Å². The van der Waals surface area contributed by atoms with E-state index >= 15 is 0 Å². The van der Waals surface area contributed by atoms with Crippen molar-refractivity contribution in [1.29, 1.82) is 0 Å². The zero-order valence-corrected chi connectivity index (χ0v) is 18.6. The number of non-ortho nitro benzene ring substituents is 1. The van der Waals surface area contributed by atoms with Gasteiger partial charge in [-0.1, -0.05) is 12.1 Å². The number of methoxy groups -OCH3 is 1. The van der Waals surface area contributed by atoms with Gasteiger partial charge in [-0.15, -0.1) is 11.8 Å². The molecule has 0 radical (unpaired) electrons. The molecule has 1 aliphatic rings. The lowest BCUT2D eigenvalue weighted by Crippen LogP contribution is -2.28. The smallest absolute Gasteiger partial charge is 0.269 e. The molecule has 0 bridgehead atoms. The summed E-state index contributed by atoms with van der Waals surface area (Å²) in [5.41, 5.74) is 1.17. The number of nitro benzene ring substituents is 1. The molecule has 1 N–H and O–H groups in total. The Balaban J connectivity index is 1.62. The van der Waals surface area contributed by atoms with Gasteiger partial charge in [-0.2, -0.15) is 4.31 Å². The molecule has 9 nitrogen and oxygen atoms in total. The summed E-state index contributed by atoms with van der Waals surface area (Å²) in [6.45, 7) is 0.991. The molecule has 11 heteroatoms. The van der Waals surface area contributed by atoms with Gasteiger partial charge >= 0.3 is 0 Å². The molecule has 3 rings (SSSR count). The summed E-state index contributed by atoms with van der Waals surface area (Å²) in [6, 6.07) is 10.6. The van der Waals surface area contributed by atoms with Crippen LogP contribution < -0.4 is 10.1 Å². The number of thioether (sulfide) groups is 1. The first-order chi connectivity index (χ1) is 14.8.